The van der Waals surface area contributed by atoms with Crippen LogP contribution in [0.5, 0.6) is 5.88 Å². The molecule has 1 fully saturated rings. The van der Waals surface area contributed by atoms with E-state index in [1.807, 2.05) is 0 Å². The molecule has 1 aromatic heterocycles. The van der Waals surface area contributed by atoms with Gasteiger partial charge in [-0.25, -0.2) is 0 Å². The molecule has 0 spiro atoms. The third-order valence-corrected chi connectivity index (χ3v) is 4.23. The molecule has 136 valence electrons. The zero-order chi connectivity index (χ0) is 17.7. The van der Waals surface area contributed by atoms with Gasteiger partial charge in [-0.1, -0.05) is 0 Å². The molecule has 1 aromatic rings. The average molecular weight is 363 g/mol. The fraction of sp³-hybridized carbons (Fsp3) is 0.769. The molecular formula is C13H21N3O7S. The molecule has 1 aliphatic rings. The molecule has 1 aliphatic heterocycles. The number of hydrogen-bond donors (Lipinski definition) is 0. The van der Waals surface area contributed by atoms with Crippen molar-refractivity contribution in [2.75, 3.05) is 32.7 Å². The van der Waals surface area contributed by atoms with Crippen LogP contribution in [0.2, 0.25) is 0 Å². The van der Waals surface area contributed by atoms with Crippen molar-refractivity contribution < 1.29 is 27.0 Å². The average Bonchev–Trinajstić information content (AvgIpc) is 2.83. The van der Waals surface area contributed by atoms with Crippen LogP contribution in [0.15, 0.2) is 0 Å². The summed E-state index contributed by atoms with van der Waals surface area (Å²) in [5.74, 6) is -0.0525. The van der Waals surface area contributed by atoms with Gasteiger partial charge >= 0.3 is 11.6 Å². The fourth-order valence-electron chi connectivity index (χ4n) is 2.51. The monoisotopic (exact) mass is 363 g/mol. The van der Waals surface area contributed by atoms with Crippen molar-refractivity contribution in [2.24, 2.45) is 0 Å². The molecule has 10 nitrogen and oxygen atoms in total. The second-order valence-corrected chi connectivity index (χ2v) is 7.16. The Morgan fingerprint density at radius 2 is 2.04 bits per heavy atom. The smallest absolute Gasteiger partial charge is 0.352 e. The van der Waals surface area contributed by atoms with Gasteiger partial charge in [0.2, 0.25) is 0 Å². The Labute approximate surface area is 140 Å². The molecule has 0 radical (unpaired) electrons. The molecule has 0 saturated carbocycles. The summed E-state index contributed by atoms with van der Waals surface area (Å²) in [7, 11) is -3.50. The summed E-state index contributed by atoms with van der Waals surface area (Å²) in [6, 6.07) is 0.0448. The maximum atomic E-state index is 11.3. The minimum atomic E-state index is -3.50. The Balaban J connectivity index is 2.04. The van der Waals surface area contributed by atoms with Crippen LogP contribution in [0.1, 0.15) is 31.0 Å². The van der Waals surface area contributed by atoms with E-state index in [0.29, 0.717) is 18.9 Å². The Morgan fingerprint density at radius 3 is 2.62 bits per heavy atom. The van der Waals surface area contributed by atoms with Gasteiger partial charge in [0.05, 0.1) is 30.4 Å². The molecule has 2 heterocycles. The summed E-state index contributed by atoms with van der Waals surface area (Å²) in [5, 5.41) is 15.5. The van der Waals surface area contributed by atoms with E-state index in [4.69, 9.17) is 9.47 Å². The lowest BCUT2D eigenvalue weighted by molar-refractivity contribution is -0.386. The number of rotatable bonds is 8. The van der Waals surface area contributed by atoms with E-state index in [1.165, 1.54) is 0 Å². The summed E-state index contributed by atoms with van der Waals surface area (Å²) in [6.07, 6.45) is 2.70. The van der Waals surface area contributed by atoms with Crippen molar-refractivity contribution in [1.29, 1.82) is 0 Å². The first-order valence-electron chi connectivity index (χ1n) is 7.58. The van der Waals surface area contributed by atoms with Gasteiger partial charge in [-0.15, -0.1) is 5.10 Å². The third kappa shape index (κ3) is 4.89. The van der Waals surface area contributed by atoms with E-state index in [-0.39, 0.29) is 37.2 Å². The Hall–Kier alpha value is -1.72. The van der Waals surface area contributed by atoms with E-state index in [2.05, 4.69) is 9.28 Å². The molecule has 0 bridgehead atoms. The summed E-state index contributed by atoms with van der Waals surface area (Å²) < 4.78 is 38.6. The molecule has 0 aliphatic carbocycles. The molecular weight excluding hydrogens is 342 g/mol. The molecule has 11 heteroatoms. The summed E-state index contributed by atoms with van der Waals surface area (Å²) in [5.41, 5.74) is 0.278. The van der Waals surface area contributed by atoms with Gasteiger partial charge in [0.15, 0.2) is 0 Å². The van der Waals surface area contributed by atoms with E-state index >= 15 is 0 Å². The van der Waals surface area contributed by atoms with Crippen LogP contribution >= 0.6 is 0 Å². The number of ether oxygens (including phenoxy) is 2. The number of nitro groups is 1. The lowest BCUT2D eigenvalue weighted by atomic mass is 10.1. The van der Waals surface area contributed by atoms with Crippen LogP contribution in [0.3, 0.4) is 0 Å². The molecule has 0 atom stereocenters. The zero-order valence-corrected chi connectivity index (χ0v) is 14.5. The number of nitrogens with zero attached hydrogens (tertiary/aromatic N) is 3. The van der Waals surface area contributed by atoms with Crippen LogP contribution < -0.4 is 4.74 Å². The van der Waals surface area contributed by atoms with Crippen molar-refractivity contribution in [3.63, 3.8) is 0 Å². The minimum absolute atomic E-state index is 0.0448. The van der Waals surface area contributed by atoms with Crippen molar-refractivity contribution in [3.8, 4) is 5.88 Å². The highest BCUT2D eigenvalue weighted by atomic mass is 32.2. The number of hydrogen-bond acceptors (Lipinski definition) is 8. The minimum Gasteiger partial charge on any atom is -0.472 e. The molecule has 0 amide bonds. The fourth-order valence-corrected chi connectivity index (χ4v) is 2.93. The van der Waals surface area contributed by atoms with Gasteiger partial charge in [-0.05, 0) is 19.8 Å². The van der Waals surface area contributed by atoms with Crippen molar-refractivity contribution in [1.82, 2.24) is 9.78 Å². The maximum Gasteiger partial charge on any atom is 0.352 e. The Kier molecular flexibility index (Phi) is 6.13. The zero-order valence-electron chi connectivity index (χ0n) is 13.6. The standard InChI is InChI=1S/C13H21N3O7S/c1-10-12(16(17)18)13(22-6-3-7-23-24(2,19)20)14-15(10)11-4-8-21-9-5-11/h11H,3-9H2,1-2H3. The molecule has 0 unspecified atom stereocenters. The van der Waals surface area contributed by atoms with Crippen LogP contribution in [-0.4, -0.2) is 55.8 Å². The highest BCUT2D eigenvalue weighted by Gasteiger charge is 2.30. The normalized spacial score (nSPS) is 16.2. The first-order chi connectivity index (χ1) is 11.3. The maximum absolute atomic E-state index is 11.3. The highest BCUT2D eigenvalue weighted by Crippen LogP contribution is 2.34. The predicted molar refractivity (Wildman–Crippen MR) is 83.6 cm³/mol. The third-order valence-electron chi connectivity index (χ3n) is 3.63. The van der Waals surface area contributed by atoms with E-state index in [1.54, 1.807) is 11.6 Å². The van der Waals surface area contributed by atoms with Crippen LogP contribution in [-0.2, 0) is 19.0 Å². The van der Waals surface area contributed by atoms with Gasteiger partial charge in [0, 0.05) is 19.6 Å². The summed E-state index contributed by atoms with van der Waals surface area (Å²) in [6.45, 7) is 2.85. The molecule has 2 rings (SSSR count). The van der Waals surface area contributed by atoms with Crippen LogP contribution in [0.4, 0.5) is 5.69 Å². The SMILES string of the molecule is Cc1c([N+](=O)[O-])c(OCCCOS(C)(=O)=O)nn1C1CCOCC1. The Bertz CT molecular complexity index is 680. The second kappa shape index (κ2) is 7.90. The van der Waals surface area contributed by atoms with E-state index < -0.39 is 15.0 Å². The van der Waals surface area contributed by atoms with Crippen molar-refractivity contribution in [2.45, 2.75) is 32.2 Å². The second-order valence-electron chi connectivity index (χ2n) is 5.51. The predicted octanol–water partition coefficient (Wildman–Crippen LogP) is 1.20. The van der Waals surface area contributed by atoms with Gasteiger partial charge in [-0.2, -0.15) is 8.42 Å². The largest absolute Gasteiger partial charge is 0.472 e. The van der Waals surface area contributed by atoms with Crippen LogP contribution in [0.25, 0.3) is 0 Å². The quantitative estimate of drug-likeness (QED) is 0.292. The molecule has 0 N–H and O–H groups in total. The topological polar surface area (TPSA) is 123 Å². The van der Waals surface area contributed by atoms with Gasteiger partial charge < -0.3 is 9.47 Å². The summed E-state index contributed by atoms with van der Waals surface area (Å²) in [4.78, 5) is 10.8. The van der Waals surface area contributed by atoms with E-state index in [0.717, 1.165) is 19.1 Å². The summed E-state index contributed by atoms with van der Waals surface area (Å²) >= 11 is 0. The van der Waals surface area contributed by atoms with Gasteiger partial charge in [0.1, 0.15) is 5.69 Å². The van der Waals surface area contributed by atoms with E-state index in [9.17, 15) is 18.5 Å². The van der Waals surface area contributed by atoms with Gasteiger partial charge in [0.25, 0.3) is 10.1 Å². The van der Waals surface area contributed by atoms with Gasteiger partial charge in [-0.3, -0.25) is 19.0 Å². The van der Waals surface area contributed by atoms with Crippen molar-refractivity contribution >= 4 is 15.8 Å². The molecule has 24 heavy (non-hydrogen) atoms. The van der Waals surface area contributed by atoms with Crippen LogP contribution in [0, 0.1) is 17.0 Å². The first kappa shape index (κ1) is 18.6. The molecule has 1 saturated heterocycles. The highest BCUT2D eigenvalue weighted by molar-refractivity contribution is 7.85. The molecule has 0 aromatic carbocycles. The number of aromatic nitrogens is 2. The Morgan fingerprint density at radius 1 is 1.38 bits per heavy atom. The van der Waals surface area contributed by atoms with Crippen molar-refractivity contribution in [3.05, 3.63) is 15.8 Å². The lowest BCUT2D eigenvalue weighted by Gasteiger charge is -2.22. The lowest BCUT2D eigenvalue weighted by Crippen LogP contribution is -2.21. The first-order valence-corrected chi connectivity index (χ1v) is 9.39.